The molecule has 1 aromatic heterocycles. The molecule has 18 heavy (non-hydrogen) atoms. The smallest absolute Gasteiger partial charge is 0.110 e. The highest BCUT2D eigenvalue weighted by Crippen LogP contribution is 2.29. The quantitative estimate of drug-likeness (QED) is 0.834. The summed E-state index contributed by atoms with van der Waals surface area (Å²) in [7, 11) is 0. The normalized spacial score (nSPS) is 18.4. The second kappa shape index (κ2) is 6.64. The molecule has 0 bridgehead atoms. The van der Waals surface area contributed by atoms with E-state index >= 15 is 0 Å². The third-order valence-corrected chi connectivity index (χ3v) is 4.97. The molecular weight excluding hydrogens is 244 g/mol. The first-order valence-electron chi connectivity index (χ1n) is 7.10. The number of rotatable bonds is 6. The summed E-state index contributed by atoms with van der Waals surface area (Å²) in [6.07, 6.45) is 6.48. The third kappa shape index (κ3) is 3.53. The fourth-order valence-corrected chi connectivity index (χ4v) is 3.50. The zero-order valence-corrected chi connectivity index (χ0v) is 12.2. The van der Waals surface area contributed by atoms with Gasteiger partial charge in [-0.05, 0) is 52.0 Å². The fraction of sp³-hybridized carbons (Fsp3) is 0.786. The number of thiazole rings is 1. The SMILES string of the molecule is CCC(O)CCNC(C)c1nc2c(s1)CCCC2. The molecule has 0 saturated heterocycles. The van der Waals surface area contributed by atoms with E-state index in [2.05, 4.69) is 12.2 Å². The van der Waals surface area contributed by atoms with Crippen LogP contribution in [0.15, 0.2) is 0 Å². The predicted molar refractivity (Wildman–Crippen MR) is 76.1 cm³/mol. The highest BCUT2D eigenvalue weighted by molar-refractivity contribution is 7.11. The molecule has 0 saturated carbocycles. The summed E-state index contributed by atoms with van der Waals surface area (Å²) in [6.45, 7) is 5.05. The molecule has 0 aliphatic heterocycles. The Morgan fingerprint density at radius 1 is 1.39 bits per heavy atom. The minimum absolute atomic E-state index is 0.172. The molecule has 2 unspecified atom stereocenters. The van der Waals surface area contributed by atoms with Crippen LogP contribution in [0, 0.1) is 0 Å². The molecule has 0 radical (unpaired) electrons. The van der Waals surface area contributed by atoms with Crippen LogP contribution in [0.25, 0.3) is 0 Å². The number of nitrogens with one attached hydrogen (secondary N) is 1. The van der Waals surface area contributed by atoms with Crippen molar-refractivity contribution in [2.75, 3.05) is 6.54 Å². The van der Waals surface area contributed by atoms with E-state index < -0.39 is 0 Å². The van der Waals surface area contributed by atoms with Gasteiger partial charge in [0.05, 0.1) is 17.8 Å². The number of aliphatic hydroxyl groups excluding tert-OH is 1. The monoisotopic (exact) mass is 268 g/mol. The van der Waals surface area contributed by atoms with Gasteiger partial charge in [-0.15, -0.1) is 11.3 Å². The first-order valence-corrected chi connectivity index (χ1v) is 7.92. The topological polar surface area (TPSA) is 45.1 Å². The Morgan fingerprint density at radius 3 is 2.89 bits per heavy atom. The molecule has 4 heteroatoms. The van der Waals surface area contributed by atoms with Crippen LogP contribution in [0.5, 0.6) is 0 Å². The summed E-state index contributed by atoms with van der Waals surface area (Å²) in [6, 6.07) is 0.310. The number of aryl methyl sites for hydroxylation is 2. The summed E-state index contributed by atoms with van der Waals surface area (Å²) in [5.41, 5.74) is 1.34. The lowest BCUT2D eigenvalue weighted by molar-refractivity contribution is 0.159. The largest absolute Gasteiger partial charge is 0.393 e. The van der Waals surface area contributed by atoms with E-state index in [0.717, 1.165) is 25.8 Å². The highest BCUT2D eigenvalue weighted by atomic mass is 32.1. The maximum Gasteiger partial charge on any atom is 0.110 e. The van der Waals surface area contributed by atoms with Gasteiger partial charge < -0.3 is 10.4 Å². The Kier molecular flexibility index (Phi) is 5.15. The van der Waals surface area contributed by atoms with Crippen LogP contribution in [-0.4, -0.2) is 22.7 Å². The van der Waals surface area contributed by atoms with E-state index in [1.54, 1.807) is 0 Å². The van der Waals surface area contributed by atoms with Gasteiger partial charge in [-0.3, -0.25) is 0 Å². The molecule has 2 rings (SSSR count). The zero-order valence-electron chi connectivity index (χ0n) is 11.4. The molecule has 3 nitrogen and oxygen atoms in total. The van der Waals surface area contributed by atoms with Crippen molar-refractivity contribution in [3.63, 3.8) is 0 Å². The molecular formula is C14H24N2OS. The summed E-state index contributed by atoms with van der Waals surface area (Å²) in [4.78, 5) is 6.26. The average Bonchev–Trinajstić information content (AvgIpc) is 2.82. The minimum atomic E-state index is -0.172. The van der Waals surface area contributed by atoms with E-state index in [0.29, 0.717) is 6.04 Å². The van der Waals surface area contributed by atoms with Crippen molar-refractivity contribution >= 4 is 11.3 Å². The number of aromatic nitrogens is 1. The standard InChI is InChI=1S/C14H24N2OS/c1-3-11(17)8-9-15-10(2)14-16-12-6-4-5-7-13(12)18-14/h10-11,15,17H,3-9H2,1-2H3. The third-order valence-electron chi connectivity index (χ3n) is 3.63. The molecule has 1 aliphatic carbocycles. The van der Waals surface area contributed by atoms with E-state index in [4.69, 9.17) is 4.98 Å². The second-order valence-corrected chi connectivity index (χ2v) is 6.27. The zero-order chi connectivity index (χ0) is 13.0. The highest BCUT2D eigenvalue weighted by Gasteiger charge is 2.18. The van der Waals surface area contributed by atoms with Crippen LogP contribution in [0.1, 0.15) is 61.2 Å². The Hall–Kier alpha value is -0.450. The molecule has 102 valence electrons. The van der Waals surface area contributed by atoms with Gasteiger partial charge in [0.1, 0.15) is 5.01 Å². The summed E-state index contributed by atoms with van der Waals surface area (Å²) in [5.74, 6) is 0. The van der Waals surface area contributed by atoms with Crippen molar-refractivity contribution in [2.45, 2.75) is 64.5 Å². The fourth-order valence-electron chi connectivity index (χ4n) is 2.32. The molecule has 0 aromatic carbocycles. The first-order chi connectivity index (χ1) is 8.70. The van der Waals surface area contributed by atoms with Gasteiger partial charge in [-0.1, -0.05) is 6.92 Å². The average molecular weight is 268 g/mol. The van der Waals surface area contributed by atoms with Crippen LogP contribution in [0.2, 0.25) is 0 Å². The van der Waals surface area contributed by atoms with Crippen LogP contribution >= 0.6 is 11.3 Å². The maximum atomic E-state index is 9.52. The number of hydrogen-bond donors (Lipinski definition) is 2. The molecule has 2 atom stereocenters. The van der Waals surface area contributed by atoms with Gasteiger partial charge >= 0.3 is 0 Å². The van der Waals surface area contributed by atoms with Crippen LogP contribution in [0.4, 0.5) is 0 Å². The molecule has 1 aromatic rings. The number of fused-ring (bicyclic) bond motifs is 1. The predicted octanol–water partition coefficient (Wildman–Crippen LogP) is 2.83. The lowest BCUT2D eigenvalue weighted by atomic mass is 10.0. The van der Waals surface area contributed by atoms with Gasteiger partial charge in [-0.2, -0.15) is 0 Å². The van der Waals surface area contributed by atoms with Gasteiger partial charge in [-0.25, -0.2) is 4.98 Å². The van der Waals surface area contributed by atoms with E-state index in [1.807, 2.05) is 18.3 Å². The summed E-state index contributed by atoms with van der Waals surface area (Å²) < 4.78 is 0. The van der Waals surface area contributed by atoms with Gasteiger partial charge in [0.15, 0.2) is 0 Å². The molecule has 1 heterocycles. The van der Waals surface area contributed by atoms with Crippen LogP contribution < -0.4 is 5.32 Å². The molecule has 1 aliphatic rings. The lowest BCUT2D eigenvalue weighted by Crippen LogP contribution is -2.23. The Labute approximate surface area is 114 Å². The molecule has 0 spiro atoms. The Bertz CT molecular complexity index is 354. The Morgan fingerprint density at radius 2 is 2.17 bits per heavy atom. The molecule has 0 fully saturated rings. The van der Waals surface area contributed by atoms with Crippen LogP contribution in [0.3, 0.4) is 0 Å². The van der Waals surface area contributed by atoms with Crippen molar-refractivity contribution < 1.29 is 5.11 Å². The molecule has 0 amide bonds. The Balaban J connectivity index is 1.85. The first kappa shape index (κ1) is 14.0. The minimum Gasteiger partial charge on any atom is -0.393 e. The van der Waals surface area contributed by atoms with E-state index in [-0.39, 0.29) is 6.10 Å². The summed E-state index contributed by atoms with van der Waals surface area (Å²) >= 11 is 1.87. The number of aliphatic hydroxyl groups is 1. The van der Waals surface area contributed by atoms with Crippen molar-refractivity contribution in [2.24, 2.45) is 0 Å². The van der Waals surface area contributed by atoms with E-state index in [1.165, 1.54) is 34.8 Å². The lowest BCUT2D eigenvalue weighted by Gasteiger charge is -2.13. The van der Waals surface area contributed by atoms with Gasteiger partial charge in [0.2, 0.25) is 0 Å². The number of hydrogen-bond acceptors (Lipinski definition) is 4. The van der Waals surface area contributed by atoms with Gasteiger partial charge in [0.25, 0.3) is 0 Å². The van der Waals surface area contributed by atoms with Gasteiger partial charge in [0, 0.05) is 4.88 Å². The molecule has 2 N–H and O–H groups in total. The summed E-state index contributed by atoms with van der Waals surface area (Å²) in [5, 5.41) is 14.2. The number of nitrogens with zero attached hydrogens (tertiary/aromatic N) is 1. The van der Waals surface area contributed by atoms with Crippen LogP contribution in [-0.2, 0) is 12.8 Å². The second-order valence-electron chi connectivity index (χ2n) is 5.16. The van der Waals surface area contributed by atoms with Crippen molar-refractivity contribution in [3.8, 4) is 0 Å². The van der Waals surface area contributed by atoms with Crippen molar-refractivity contribution in [3.05, 3.63) is 15.6 Å². The maximum absolute atomic E-state index is 9.52. The van der Waals surface area contributed by atoms with Crippen molar-refractivity contribution in [1.29, 1.82) is 0 Å². The van der Waals surface area contributed by atoms with Crippen molar-refractivity contribution in [1.82, 2.24) is 10.3 Å². The van der Waals surface area contributed by atoms with E-state index in [9.17, 15) is 5.11 Å².